The Morgan fingerprint density at radius 1 is 1.45 bits per heavy atom. The lowest BCUT2D eigenvalue weighted by Gasteiger charge is -2.28. The smallest absolute Gasteiger partial charge is 0.239 e. The molecule has 1 atom stereocenters. The molecule has 1 aliphatic rings. The van der Waals surface area contributed by atoms with Crippen LogP contribution in [0.3, 0.4) is 0 Å². The fourth-order valence-corrected chi connectivity index (χ4v) is 2.32. The molecule has 1 aromatic rings. The predicted octanol–water partition coefficient (Wildman–Crippen LogP) is 2.46. The van der Waals surface area contributed by atoms with Gasteiger partial charge in [0.25, 0.3) is 0 Å². The van der Waals surface area contributed by atoms with E-state index >= 15 is 0 Å². The molecule has 2 N–H and O–H groups in total. The molecule has 1 aliphatic heterocycles. The van der Waals surface area contributed by atoms with E-state index in [0.717, 1.165) is 31.8 Å². The average Bonchev–Trinajstić information content (AvgIpc) is 2.47. The Bertz CT molecular complexity index is 420. The first-order chi connectivity index (χ1) is 9.70. The van der Waals surface area contributed by atoms with Crippen LogP contribution in [-0.2, 0) is 4.74 Å². The van der Waals surface area contributed by atoms with E-state index < -0.39 is 0 Å². The van der Waals surface area contributed by atoms with E-state index in [-0.39, 0.29) is 0 Å². The molecule has 2 rings (SSSR count). The third-order valence-corrected chi connectivity index (χ3v) is 3.46. The van der Waals surface area contributed by atoms with Gasteiger partial charge in [-0.15, -0.1) is 0 Å². The number of likely N-dealkylation sites (N-methyl/N-ethyl adjacent to an activating group) is 1. The molecule has 1 aromatic heterocycles. The van der Waals surface area contributed by atoms with Crippen LogP contribution in [0.15, 0.2) is 12.1 Å². The number of rotatable bonds is 6. The summed E-state index contributed by atoms with van der Waals surface area (Å²) in [6.45, 7) is 4.42. The SMILES string of the molecule is CCCOc1nc(N(C)CC2CCCCO2)ccc1N. The van der Waals surface area contributed by atoms with E-state index in [4.69, 9.17) is 15.2 Å². The van der Waals surface area contributed by atoms with Crippen molar-refractivity contribution in [3.63, 3.8) is 0 Å². The van der Waals surface area contributed by atoms with Crippen LogP contribution in [0.5, 0.6) is 5.88 Å². The van der Waals surface area contributed by atoms with Crippen molar-refractivity contribution in [3.05, 3.63) is 12.1 Å². The van der Waals surface area contributed by atoms with Gasteiger partial charge in [0.05, 0.1) is 18.4 Å². The number of anilines is 2. The summed E-state index contributed by atoms with van der Waals surface area (Å²) in [7, 11) is 2.03. The molecule has 1 fully saturated rings. The lowest BCUT2D eigenvalue weighted by molar-refractivity contribution is 0.0215. The molecule has 2 heterocycles. The molecule has 0 aliphatic carbocycles. The number of aromatic nitrogens is 1. The highest BCUT2D eigenvalue weighted by atomic mass is 16.5. The first-order valence-electron chi connectivity index (χ1n) is 7.42. The number of hydrogen-bond donors (Lipinski definition) is 1. The maximum Gasteiger partial charge on any atom is 0.239 e. The van der Waals surface area contributed by atoms with Gasteiger partial charge in [-0.3, -0.25) is 0 Å². The van der Waals surface area contributed by atoms with E-state index in [1.165, 1.54) is 12.8 Å². The molecule has 1 saturated heterocycles. The van der Waals surface area contributed by atoms with Gasteiger partial charge in [-0.25, -0.2) is 0 Å². The average molecular weight is 279 g/mol. The summed E-state index contributed by atoms with van der Waals surface area (Å²) in [4.78, 5) is 6.60. The van der Waals surface area contributed by atoms with E-state index in [1.807, 2.05) is 19.2 Å². The molecule has 1 unspecified atom stereocenters. The Balaban J connectivity index is 1.99. The molecule has 5 nitrogen and oxygen atoms in total. The second kappa shape index (κ2) is 7.33. The van der Waals surface area contributed by atoms with Gasteiger partial charge < -0.3 is 20.1 Å². The lowest BCUT2D eigenvalue weighted by atomic mass is 10.1. The Labute approximate surface area is 121 Å². The number of nitrogens with two attached hydrogens (primary N) is 1. The van der Waals surface area contributed by atoms with Gasteiger partial charge in [0.2, 0.25) is 5.88 Å². The summed E-state index contributed by atoms with van der Waals surface area (Å²) in [5.74, 6) is 1.40. The number of nitrogens with zero attached hydrogens (tertiary/aromatic N) is 2. The minimum atomic E-state index is 0.299. The summed E-state index contributed by atoms with van der Waals surface area (Å²) in [6, 6.07) is 3.78. The van der Waals surface area contributed by atoms with E-state index in [9.17, 15) is 0 Å². The van der Waals surface area contributed by atoms with Gasteiger partial charge in [0, 0.05) is 20.2 Å². The van der Waals surface area contributed by atoms with Gasteiger partial charge in [-0.1, -0.05) is 6.92 Å². The summed E-state index contributed by atoms with van der Waals surface area (Å²) in [5.41, 5.74) is 6.47. The molecule has 0 bridgehead atoms. The van der Waals surface area contributed by atoms with Gasteiger partial charge in [0.1, 0.15) is 5.82 Å². The zero-order valence-electron chi connectivity index (χ0n) is 12.5. The highest BCUT2D eigenvalue weighted by Crippen LogP contribution is 2.23. The van der Waals surface area contributed by atoms with Crippen LogP contribution in [0.1, 0.15) is 32.6 Å². The van der Waals surface area contributed by atoms with Crippen LogP contribution in [0.2, 0.25) is 0 Å². The van der Waals surface area contributed by atoms with Crippen molar-refractivity contribution in [2.75, 3.05) is 37.4 Å². The maximum atomic E-state index is 5.88. The highest BCUT2D eigenvalue weighted by Gasteiger charge is 2.17. The summed E-state index contributed by atoms with van der Waals surface area (Å²) in [6.07, 6.45) is 4.79. The Kier molecular flexibility index (Phi) is 5.47. The highest BCUT2D eigenvalue weighted by molar-refractivity contribution is 5.54. The van der Waals surface area contributed by atoms with Crippen LogP contribution < -0.4 is 15.4 Å². The first kappa shape index (κ1) is 14.9. The van der Waals surface area contributed by atoms with Crippen molar-refractivity contribution < 1.29 is 9.47 Å². The van der Waals surface area contributed by atoms with Crippen LogP contribution in [0.25, 0.3) is 0 Å². The molecular formula is C15H25N3O2. The Hall–Kier alpha value is -1.49. The second-order valence-corrected chi connectivity index (χ2v) is 5.28. The maximum absolute atomic E-state index is 5.88. The number of nitrogen functional groups attached to an aromatic ring is 1. The largest absolute Gasteiger partial charge is 0.476 e. The third-order valence-electron chi connectivity index (χ3n) is 3.46. The van der Waals surface area contributed by atoms with Crippen molar-refractivity contribution in [3.8, 4) is 5.88 Å². The number of hydrogen-bond acceptors (Lipinski definition) is 5. The molecule has 0 radical (unpaired) electrons. The van der Waals surface area contributed by atoms with Gasteiger partial charge >= 0.3 is 0 Å². The van der Waals surface area contributed by atoms with Gasteiger partial charge in [0.15, 0.2) is 0 Å². The number of ether oxygens (including phenoxy) is 2. The van der Waals surface area contributed by atoms with Crippen molar-refractivity contribution in [1.29, 1.82) is 0 Å². The summed E-state index contributed by atoms with van der Waals surface area (Å²) < 4.78 is 11.3. The third kappa shape index (κ3) is 4.00. The Morgan fingerprint density at radius 2 is 2.30 bits per heavy atom. The molecule has 0 saturated carbocycles. The second-order valence-electron chi connectivity index (χ2n) is 5.28. The molecule has 20 heavy (non-hydrogen) atoms. The molecule has 112 valence electrons. The van der Waals surface area contributed by atoms with Gasteiger partial charge in [-0.05, 0) is 37.8 Å². The van der Waals surface area contributed by atoms with Crippen molar-refractivity contribution in [1.82, 2.24) is 4.98 Å². The van der Waals surface area contributed by atoms with Crippen molar-refractivity contribution >= 4 is 11.5 Å². The zero-order valence-corrected chi connectivity index (χ0v) is 12.5. The van der Waals surface area contributed by atoms with Gasteiger partial charge in [-0.2, -0.15) is 4.98 Å². The monoisotopic (exact) mass is 279 g/mol. The van der Waals surface area contributed by atoms with E-state index in [0.29, 0.717) is 24.3 Å². The minimum absolute atomic E-state index is 0.299. The molecular weight excluding hydrogens is 254 g/mol. The van der Waals surface area contributed by atoms with Crippen LogP contribution in [-0.4, -0.2) is 37.9 Å². The Morgan fingerprint density at radius 3 is 3.00 bits per heavy atom. The quantitative estimate of drug-likeness (QED) is 0.866. The normalized spacial score (nSPS) is 18.8. The van der Waals surface area contributed by atoms with Crippen molar-refractivity contribution in [2.24, 2.45) is 0 Å². The first-order valence-corrected chi connectivity index (χ1v) is 7.42. The van der Waals surface area contributed by atoms with Crippen LogP contribution in [0.4, 0.5) is 11.5 Å². The molecule has 5 heteroatoms. The fraction of sp³-hybridized carbons (Fsp3) is 0.667. The molecule has 0 spiro atoms. The molecule has 0 aromatic carbocycles. The lowest BCUT2D eigenvalue weighted by Crippen LogP contribution is -2.33. The zero-order chi connectivity index (χ0) is 14.4. The topological polar surface area (TPSA) is 60.6 Å². The van der Waals surface area contributed by atoms with Crippen LogP contribution >= 0.6 is 0 Å². The summed E-state index contributed by atoms with van der Waals surface area (Å²) in [5, 5.41) is 0. The fourth-order valence-electron chi connectivity index (χ4n) is 2.32. The van der Waals surface area contributed by atoms with E-state index in [1.54, 1.807) is 0 Å². The van der Waals surface area contributed by atoms with E-state index in [2.05, 4.69) is 16.8 Å². The summed E-state index contributed by atoms with van der Waals surface area (Å²) >= 11 is 0. The molecule has 0 amide bonds. The number of pyridine rings is 1. The van der Waals surface area contributed by atoms with Crippen LogP contribution in [0, 0.1) is 0 Å². The standard InChI is InChI=1S/C15H25N3O2/c1-3-9-20-15-13(16)7-8-14(17-15)18(2)11-12-6-4-5-10-19-12/h7-8,12H,3-6,9-11,16H2,1-2H3. The van der Waals surface area contributed by atoms with Crippen molar-refractivity contribution in [2.45, 2.75) is 38.7 Å². The predicted molar refractivity (Wildman–Crippen MR) is 81.3 cm³/mol. The minimum Gasteiger partial charge on any atom is -0.476 e.